The second-order valence-corrected chi connectivity index (χ2v) is 4.64. The zero-order valence-electron chi connectivity index (χ0n) is 9.15. The summed E-state index contributed by atoms with van der Waals surface area (Å²) in [5.74, 6) is -4.65. The van der Waals surface area contributed by atoms with Gasteiger partial charge in [-0.05, 0) is 30.5 Å². The van der Waals surface area contributed by atoms with Crippen LogP contribution < -0.4 is 5.73 Å². The van der Waals surface area contributed by atoms with Crippen LogP contribution in [0.5, 0.6) is 0 Å². The summed E-state index contributed by atoms with van der Waals surface area (Å²) < 4.78 is 51.9. The number of alkyl halides is 2. The van der Waals surface area contributed by atoms with Crippen LogP contribution in [0.3, 0.4) is 0 Å². The Kier molecular flexibility index (Phi) is 2.89. The Bertz CT molecular complexity index is 421. The summed E-state index contributed by atoms with van der Waals surface area (Å²) >= 11 is 0. The third-order valence-corrected chi connectivity index (χ3v) is 3.37. The van der Waals surface area contributed by atoms with Crippen molar-refractivity contribution in [3.05, 3.63) is 35.4 Å². The SMILES string of the molecule is NC1(c2ccc(F)c(F)c2)CCC(F)(F)CC1. The molecule has 1 aromatic rings. The summed E-state index contributed by atoms with van der Waals surface area (Å²) in [4.78, 5) is 0. The van der Waals surface area contributed by atoms with Crippen molar-refractivity contribution in [2.45, 2.75) is 37.1 Å². The summed E-state index contributed by atoms with van der Waals surface area (Å²) in [6, 6.07) is 3.34. The second-order valence-electron chi connectivity index (χ2n) is 4.64. The minimum Gasteiger partial charge on any atom is -0.321 e. The van der Waals surface area contributed by atoms with Crippen LogP contribution in [0, 0.1) is 11.6 Å². The molecule has 1 aliphatic carbocycles. The Morgan fingerprint density at radius 1 is 0.941 bits per heavy atom. The van der Waals surface area contributed by atoms with Gasteiger partial charge in [-0.2, -0.15) is 0 Å². The van der Waals surface area contributed by atoms with Crippen molar-refractivity contribution in [2.24, 2.45) is 5.73 Å². The molecule has 2 rings (SSSR count). The van der Waals surface area contributed by atoms with E-state index in [4.69, 9.17) is 5.73 Å². The van der Waals surface area contributed by atoms with Gasteiger partial charge in [-0.15, -0.1) is 0 Å². The van der Waals surface area contributed by atoms with E-state index in [9.17, 15) is 17.6 Å². The molecule has 1 aliphatic rings. The summed E-state index contributed by atoms with van der Waals surface area (Å²) in [7, 11) is 0. The Hall–Kier alpha value is -1.10. The van der Waals surface area contributed by atoms with E-state index in [2.05, 4.69) is 0 Å². The van der Waals surface area contributed by atoms with E-state index in [-0.39, 0.29) is 25.7 Å². The van der Waals surface area contributed by atoms with Gasteiger partial charge >= 0.3 is 0 Å². The van der Waals surface area contributed by atoms with Crippen molar-refractivity contribution in [3.63, 3.8) is 0 Å². The highest BCUT2D eigenvalue weighted by Gasteiger charge is 2.42. The number of hydrogen-bond acceptors (Lipinski definition) is 1. The predicted octanol–water partition coefficient (Wildman–Crippen LogP) is 3.33. The maximum absolute atomic E-state index is 13.1. The van der Waals surface area contributed by atoms with Gasteiger partial charge < -0.3 is 5.73 Å². The van der Waals surface area contributed by atoms with E-state index in [0.29, 0.717) is 5.56 Å². The molecule has 1 saturated carbocycles. The van der Waals surface area contributed by atoms with Gasteiger partial charge in [0, 0.05) is 18.4 Å². The van der Waals surface area contributed by atoms with Gasteiger partial charge in [0.25, 0.3) is 0 Å². The normalized spacial score (nSPS) is 22.4. The lowest BCUT2D eigenvalue weighted by Gasteiger charge is -2.37. The summed E-state index contributed by atoms with van der Waals surface area (Å²) in [6.45, 7) is 0. The molecule has 5 heteroatoms. The smallest absolute Gasteiger partial charge is 0.248 e. The van der Waals surface area contributed by atoms with Crippen LogP contribution in [-0.4, -0.2) is 5.92 Å². The molecule has 0 unspecified atom stereocenters. The maximum atomic E-state index is 13.1. The van der Waals surface area contributed by atoms with Crippen LogP contribution in [0.1, 0.15) is 31.2 Å². The molecule has 0 amide bonds. The fraction of sp³-hybridized carbons (Fsp3) is 0.500. The summed E-state index contributed by atoms with van der Waals surface area (Å²) in [5.41, 5.74) is 5.40. The number of halogens is 4. The minimum absolute atomic E-state index is 0.0745. The molecule has 1 nitrogen and oxygen atoms in total. The fourth-order valence-electron chi connectivity index (χ4n) is 2.16. The van der Waals surface area contributed by atoms with Gasteiger partial charge in [0.05, 0.1) is 0 Å². The fourth-order valence-corrected chi connectivity index (χ4v) is 2.16. The van der Waals surface area contributed by atoms with E-state index in [0.717, 1.165) is 12.1 Å². The van der Waals surface area contributed by atoms with Crippen LogP contribution in [-0.2, 0) is 5.54 Å². The van der Waals surface area contributed by atoms with Gasteiger partial charge in [-0.25, -0.2) is 17.6 Å². The van der Waals surface area contributed by atoms with E-state index in [1.54, 1.807) is 0 Å². The number of rotatable bonds is 1. The van der Waals surface area contributed by atoms with Crippen molar-refractivity contribution in [2.75, 3.05) is 0 Å². The first-order chi connectivity index (χ1) is 7.82. The molecule has 0 atom stereocenters. The van der Waals surface area contributed by atoms with Crippen LogP contribution in [0.15, 0.2) is 18.2 Å². The molecular weight excluding hydrogens is 234 g/mol. The lowest BCUT2D eigenvalue weighted by atomic mass is 9.76. The molecule has 1 fully saturated rings. The molecule has 0 aliphatic heterocycles. The van der Waals surface area contributed by atoms with Crippen LogP contribution >= 0.6 is 0 Å². The van der Waals surface area contributed by atoms with Gasteiger partial charge in [0.2, 0.25) is 5.92 Å². The number of benzene rings is 1. The minimum atomic E-state index is -2.69. The molecule has 94 valence electrons. The summed E-state index contributed by atoms with van der Waals surface area (Å²) in [6.07, 6.45) is -0.485. The van der Waals surface area contributed by atoms with E-state index < -0.39 is 23.1 Å². The molecule has 0 bridgehead atoms. The molecule has 17 heavy (non-hydrogen) atoms. The van der Waals surface area contributed by atoms with E-state index in [1.807, 2.05) is 0 Å². The zero-order chi connectivity index (χ0) is 12.7. The molecule has 2 N–H and O–H groups in total. The van der Waals surface area contributed by atoms with Crippen molar-refractivity contribution >= 4 is 0 Å². The van der Waals surface area contributed by atoms with Crippen LogP contribution in [0.4, 0.5) is 17.6 Å². The topological polar surface area (TPSA) is 26.0 Å². The highest BCUT2D eigenvalue weighted by atomic mass is 19.3. The number of nitrogens with two attached hydrogens (primary N) is 1. The zero-order valence-corrected chi connectivity index (χ0v) is 9.15. The lowest BCUT2D eigenvalue weighted by molar-refractivity contribution is -0.0514. The average molecular weight is 247 g/mol. The first-order valence-corrected chi connectivity index (χ1v) is 5.45. The first kappa shape index (κ1) is 12.4. The molecular formula is C12H13F4N. The maximum Gasteiger partial charge on any atom is 0.248 e. The van der Waals surface area contributed by atoms with Gasteiger partial charge in [0.15, 0.2) is 11.6 Å². The van der Waals surface area contributed by atoms with Crippen LogP contribution in [0.2, 0.25) is 0 Å². The van der Waals surface area contributed by atoms with Gasteiger partial charge in [-0.3, -0.25) is 0 Å². The highest BCUT2D eigenvalue weighted by molar-refractivity contribution is 5.26. The van der Waals surface area contributed by atoms with Crippen molar-refractivity contribution in [3.8, 4) is 0 Å². The largest absolute Gasteiger partial charge is 0.321 e. The second kappa shape index (κ2) is 3.98. The van der Waals surface area contributed by atoms with E-state index in [1.165, 1.54) is 6.07 Å². The molecule has 0 aromatic heterocycles. The third-order valence-electron chi connectivity index (χ3n) is 3.37. The molecule has 0 radical (unpaired) electrons. The standard InChI is InChI=1S/C12H13F4N/c13-9-2-1-8(7-10(9)14)11(17)3-5-12(15,16)6-4-11/h1-2,7H,3-6,17H2. The van der Waals surface area contributed by atoms with Gasteiger partial charge in [-0.1, -0.05) is 6.07 Å². The van der Waals surface area contributed by atoms with Crippen molar-refractivity contribution in [1.29, 1.82) is 0 Å². The molecule has 0 saturated heterocycles. The molecule has 1 aromatic carbocycles. The Balaban J connectivity index is 2.24. The average Bonchev–Trinajstić information content (AvgIpc) is 2.27. The van der Waals surface area contributed by atoms with E-state index >= 15 is 0 Å². The quantitative estimate of drug-likeness (QED) is 0.757. The molecule has 0 spiro atoms. The first-order valence-electron chi connectivity index (χ1n) is 5.45. The number of hydrogen-bond donors (Lipinski definition) is 1. The monoisotopic (exact) mass is 247 g/mol. The predicted molar refractivity (Wildman–Crippen MR) is 55.6 cm³/mol. The molecule has 0 heterocycles. The van der Waals surface area contributed by atoms with Crippen LogP contribution in [0.25, 0.3) is 0 Å². The van der Waals surface area contributed by atoms with Crippen molar-refractivity contribution < 1.29 is 17.6 Å². The van der Waals surface area contributed by atoms with Crippen molar-refractivity contribution in [1.82, 2.24) is 0 Å². The third kappa shape index (κ3) is 2.44. The Morgan fingerprint density at radius 3 is 2.06 bits per heavy atom. The Labute approximate surface area is 96.6 Å². The highest BCUT2D eigenvalue weighted by Crippen LogP contribution is 2.42. The van der Waals surface area contributed by atoms with Gasteiger partial charge in [0.1, 0.15) is 0 Å². The lowest BCUT2D eigenvalue weighted by Crippen LogP contribution is -2.43. The summed E-state index contributed by atoms with van der Waals surface area (Å²) in [5, 5.41) is 0. The Morgan fingerprint density at radius 2 is 1.53 bits per heavy atom.